The number of ketones is 2. The van der Waals surface area contributed by atoms with Crippen LogP contribution in [0.2, 0.25) is 5.02 Å². The Morgan fingerprint density at radius 3 is 2.44 bits per heavy atom. The number of ether oxygens (including phenoxy) is 4. The Bertz CT molecular complexity index is 2260. The number of carbonyl (C=O) groups excluding carboxylic acids is 6. The quantitative estimate of drug-likeness (QED) is 0.0310. The number of nitrogens with two attached hydrogens (primary N) is 1. The van der Waals surface area contributed by atoms with E-state index in [9.17, 15) is 33.9 Å². The van der Waals surface area contributed by atoms with Gasteiger partial charge >= 0.3 is 12.1 Å². The predicted octanol–water partition coefficient (Wildman–Crippen LogP) is 9.73. The van der Waals surface area contributed by atoms with Crippen LogP contribution in [-0.2, 0) is 44.6 Å². The Morgan fingerprint density at radius 2 is 1.82 bits per heavy atom. The van der Waals surface area contributed by atoms with E-state index in [1.165, 1.54) is 24.0 Å². The number of fused-ring (bicyclic) bond motifs is 5. The van der Waals surface area contributed by atoms with Gasteiger partial charge in [-0.1, -0.05) is 103 Å². The lowest BCUT2D eigenvalue weighted by Gasteiger charge is -2.42. The molecule has 1 aromatic rings. The van der Waals surface area contributed by atoms with Gasteiger partial charge in [-0.2, -0.15) is 0 Å². The van der Waals surface area contributed by atoms with Crippen LogP contribution in [-0.4, -0.2) is 133 Å². The van der Waals surface area contributed by atoms with Crippen LogP contribution in [0.4, 0.5) is 10.5 Å². The number of allylic oxidation sites excluding steroid dienone is 5. The lowest BCUT2D eigenvalue weighted by atomic mass is 9.83. The molecule has 4 bridgehead atoms. The van der Waals surface area contributed by atoms with Gasteiger partial charge in [-0.05, 0) is 109 Å². The van der Waals surface area contributed by atoms with Crippen LogP contribution in [0.3, 0.4) is 0 Å². The summed E-state index contributed by atoms with van der Waals surface area (Å²) < 4.78 is 23.2. The molecule has 1 aromatic carbocycles. The number of alkyl carbamates (subject to hydrolysis) is 1. The number of likely N-dealkylation sites (N-methyl/N-ethyl adjacent to an activating group) is 1. The molecular formula is C58H90ClN5O11S2. The van der Waals surface area contributed by atoms with Crippen LogP contribution in [0.1, 0.15) is 132 Å². The summed E-state index contributed by atoms with van der Waals surface area (Å²) in [7, 11) is 9.41. The van der Waals surface area contributed by atoms with Gasteiger partial charge in [0.15, 0.2) is 11.5 Å². The number of nitrogens with one attached hydrogen (secondary N) is 2. The molecule has 0 radical (unpaired) electrons. The molecule has 1 aliphatic carbocycles. The van der Waals surface area contributed by atoms with E-state index in [0.29, 0.717) is 56.5 Å². The van der Waals surface area contributed by atoms with Crippen LogP contribution in [0, 0.1) is 23.2 Å². The van der Waals surface area contributed by atoms with Crippen molar-refractivity contribution in [2.45, 2.75) is 173 Å². The minimum absolute atomic E-state index is 0.00376. The molecule has 16 nitrogen and oxygen atoms in total. The molecule has 10 atom stereocenters. The summed E-state index contributed by atoms with van der Waals surface area (Å²) in [6.07, 6.45) is 11.2. The lowest BCUT2D eigenvalue weighted by molar-refractivity contribution is -0.163. The molecular weight excluding hydrogens is 1040 g/mol. The molecule has 5 N–H and O–H groups in total. The molecule has 3 aliphatic rings. The van der Waals surface area contributed by atoms with E-state index in [-0.39, 0.29) is 76.7 Å². The van der Waals surface area contributed by atoms with Gasteiger partial charge in [-0.15, -0.1) is 13.2 Å². The monoisotopic (exact) mass is 1130 g/mol. The third-order valence-corrected chi connectivity index (χ3v) is 18.9. The number of benzene rings is 1. The van der Waals surface area contributed by atoms with Crippen molar-refractivity contribution in [2.24, 2.45) is 28.9 Å². The standard InChI is InChI=1S/C54H82ClN5O11S2.C4H8/c1-13-34(3)49(64)40(20-14-15-24-56)57-32-38(61)19-17-25-72-73-52(6,7)23-22-46(62)59(9)36(5)50(65)71-45-29-47(63)60(10)41-27-37(28-42(68-11)48(41)55)26-33(2)18-16-21-44(69-12)54(67)31-43(70-51(66)58-54)35(4)39-30-53(39,45)8;1-3-4-2/h13,16,18,21,27-28,34-36,39-40,43-45,57,67H,1,14-15,17,19-20,22-26,29-32,56H2,2-12H3,(H,58,66);3H,1,4H2,2H3/b21-16+,33-18+;/t34?,35-,36-,39-,40-,43-,44+,45-,53+,54-;/m0./s1. The molecule has 0 aromatic heterocycles. The van der Waals surface area contributed by atoms with E-state index in [1.54, 1.807) is 66.9 Å². The van der Waals surface area contributed by atoms with Crippen molar-refractivity contribution >= 4 is 74.3 Å². The van der Waals surface area contributed by atoms with Crippen LogP contribution in [0.5, 0.6) is 5.75 Å². The van der Waals surface area contributed by atoms with Crippen molar-refractivity contribution in [3.63, 3.8) is 0 Å². The van der Waals surface area contributed by atoms with E-state index < -0.39 is 53.6 Å². The van der Waals surface area contributed by atoms with E-state index >= 15 is 0 Å². The van der Waals surface area contributed by atoms with Gasteiger partial charge in [-0.25, -0.2) is 9.59 Å². The van der Waals surface area contributed by atoms with Gasteiger partial charge in [-0.3, -0.25) is 24.5 Å². The highest BCUT2D eigenvalue weighted by molar-refractivity contribution is 8.77. The number of halogens is 1. The smallest absolute Gasteiger partial charge is 0.409 e. The summed E-state index contributed by atoms with van der Waals surface area (Å²) in [6, 6.07) is 2.22. The molecule has 2 fully saturated rings. The summed E-state index contributed by atoms with van der Waals surface area (Å²) in [4.78, 5) is 83.8. The van der Waals surface area contributed by atoms with Gasteiger partial charge in [0.2, 0.25) is 11.8 Å². The fourth-order valence-corrected chi connectivity index (χ4v) is 12.5. The number of Topliss-reactive ketones (excluding diaryl/α,β-unsaturated/α-hetero) is 2. The van der Waals surface area contributed by atoms with Gasteiger partial charge in [0.25, 0.3) is 0 Å². The Kier molecular flexibility index (Phi) is 27.5. The average Bonchev–Trinajstić information content (AvgIpc) is 4.10. The first-order valence-corrected chi connectivity index (χ1v) is 29.7. The molecule has 1 unspecified atom stereocenters. The number of unbranched alkanes of at least 4 members (excludes halogenated alkanes) is 1. The fraction of sp³-hybridized carbons (Fsp3) is 0.655. The van der Waals surface area contributed by atoms with Gasteiger partial charge in [0.05, 0.1) is 31.8 Å². The predicted molar refractivity (Wildman–Crippen MR) is 311 cm³/mol. The topological polar surface area (TPSA) is 216 Å². The minimum atomic E-state index is -1.80. The van der Waals surface area contributed by atoms with Crippen molar-refractivity contribution in [3.8, 4) is 5.75 Å². The van der Waals surface area contributed by atoms with Gasteiger partial charge in [0.1, 0.15) is 40.9 Å². The molecule has 77 heavy (non-hydrogen) atoms. The zero-order valence-corrected chi connectivity index (χ0v) is 50.3. The number of esters is 1. The molecule has 3 amide bonds. The number of rotatable bonds is 25. The number of methoxy groups -OCH3 is 2. The molecule has 1 saturated heterocycles. The summed E-state index contributed by atoms with van der Waals surface area (Å²) in [6.45, 7) is 23.3. The number of anilines is 1. The van der Waals surface area contributed by atoms with E-state index in [1.807, 2.05) is 45.9 Å². The minimum Gasteiger partial charge on any atom is -0.495 e. The summed E-state index contributed by atoms with van der Waals surface area (Å²) in [5.74, 6) is -0.986. The highest BCUT2D eigenvalue weighted by atomic mass is 35.5. The fourth-order valence-electron chi connectivity index (χ4n) is 9.53. The second-order valence-electron chi connectivity index (χ2n) is 21.6. The zero-order valence-electron chi connectivity index (χ0n) is 47.9. The zero-order chi connectivity index (χ0) is 57.8. The normalized spacial score (nSPS) is 25.8. The average molecular weight is 1130 g/mol. The summed E-state index contributed by atoms with van der Waals surface area (Å²) in [5, 5.41) is 17.9. The number of hydrogen-bond donors (Lipinski definition) is 4. The largest absolute Gasteiger partial charge is 0.495 e. The molecule has 4 rings (SSSR count). The molecule has 19 heteroatoms. The Hall–Kier alpha value is -4.17. The lowest BCUT2D eigenvalue weighted by Crippen LogP contribution is -2.63. The Labute approximate surface area is 472 Å². The second-order valence-corrected chi connectivity index (χ2v) is 25.1. The van der Waals surface area contributed by atoms with E-state index in [0.717, 1.165) is 36.2 Å². The third kappa shape index (κ3) is 19.9. The maximum Gasteiger partial charge on any atom is 0.409 e. The Balaban J connectivity index is 0.00000376. The van der Waals surface area contributed by atoms with Crippen LogP contribution in [0.15, 0.2) is 61.2 Å². The molecule has 0 spiro atoms. The maximum atomic E-state index is 14.4. The van der Waals surface area contributed by atoms with Crippen molar-refractivity contribution in [3.05, 3.63) is 71.8 Å². The Morgan fingerprint density at radius 1 is 1.13 bits per heavy atom. The molecule has 432 valence electrons. The number of carbonyl (C=O) groups is 6. The SMILES string of the molecule is C=CC(C)C(=O)[C@H](CCCCN)NCC(=O)CCCSSC(C)(C)CCC(=O)N(C)[C@@H](C)C(=O)O[C@H]1CC(=O)N(C)c2cc(cc(OC)c2Cl)C/C(C)=C/C=C/[C@@H](OC)[C@@]2(O)C[C@H](OC(=O)N2)[C@@H](C)[C@@H]2C[C@@]12C.C=CCC. The molecule has 2 aliphatic heterocycles. The first-order chi connectivity index (χ1) is 36.3. The number of nitrogens with zero attached hydrogens (tertiary/aromatic N) is 2. The van der Waals surface area contributed by atoms with E-state index in [4.69, 9.17) is 36.3 Å². The maximum absolute atomic E-state index is 14.4. The first kappa shape index (κ1) is 67.1. The van der Waals surface area contributed by atoms with Gasteiger partial charge in [0, 0.05) is 62.3 Å². The van der Waals surface area contributed by atoms with E-state index in [2.05, 4.69) is 44.6 Å². The highest BCUT2D eigenvalue weighted by Gasteiger charge is 2.62. The number of hydrogen-bond acceptors (Lipinski definition) is 15. The number of amides is 3. The van der Waals surface area contributed by atoms with Crippen LogP contribution in [0.25, 0.3) is 0 Å². The van der Waals surface area contributed by atoms with Crippen LogP contribution >= 0.6 is 33.2 Å². The van der Waals surface area contributed by atoms with Gasteiger partial charge < -0.3 is 44.9 Å². The van der Waals surface area contributed by atoms with Crippen molar-refractivity contribution in [1.29, 1.82) is 0 Å². The van der Waals surface area contributed by atoms with Crippen molar-refractivity contribution < 1.29 is 52.8 Å². The highest BCUT2D eigenvalue weighted by Crippen LogP contribution is 2.61. The van der Waals surface area contributed by atoms with Crippen molar-refractivity contribution in [1.82, 2.24) is 15.5 Å². The van der Waals surface area contributed by atoms with Crippen LogP contribution < -0.4 is 26.0 Å². The van der Waals surface area contributed by atoms with Crippen molar-refractivity contribution in [2.75, 3.05) is 52.1 Å². The third-order valence-electron chi connectivity index (χ3n) is 15.1. The molecule has 2 heterocycles. The summed E-state index contributed by atoms with van der Waals surface area (Å²) in [5.41, 5.74) is 5.23. The second kappa shape index (κ2) is 31.6. The first-order valence-electron chi connectivity index (χ1n) is 27.0. The summed E-state index contributed by atoms with van der Waals surface area (Å²) >= 11 is 6.86. The molecule has 1 saturated carbocycles. The number of aliphatic hydroxyl groups is 1.